The topological polar surface area (TPSA) is 263 Å². The van der Waals surface area contributed by atoms with Crippen LogP contribution in [-0.2, 0) is 39.4 Å². The zero-order valence-electron chi connectivity index (χ0n) is 23.1. The van der Waals surface area contributed by atoms with Crippen molar-refractivity contribution in [2.45, 2.75) is 49.8 Å². The number of methoxy groups -OCH3 is 1. The number of aromatic amines is 1. The lowest BCUT2D eigenvalue weighted by Gasteiger charge is -2.28. The Morgan fingerprint density at radius 1 is 1.14 bits per heavy atom. The fourth-order valence-electron chi connectivity index (χ4n) is 5.70. The maximum Gasteiger partial charge on any atom is 0.694 e. The Balaban J connectivity index is 1.19. The molecular formula is C22H29N10O9P2S+. The molecule has 0 bridgehead atoms. The van der Waals surface area contributed by atoms with Crippen molar-refractivity contribution in [1.29, 1.82) is 0 Å². The third-order valence-corrected chi connectivity index (χ3v) is 9.58. The fourth-order valence-corrected chi connectivity index (χ4v) is 7.45. The van der Waals surface area contributed by atoms with Crippen LogP contribution in [0, 0.1) is 5.92 Å². The molecule has 2 fully saturated rings. The largest absolute Gasteiger partial charge is 0.694 e. The van der Waals surface area contributed by atoms with Gasteiger partial charge in [0.15, 0.2) is 28.9 Å². The highest BCUT2D eigenvalue weighted by Crippen LogP contribution is 2.51. The molecule has 1 saturated carbocycles. The van der Waals surface area contributed by atoms with Crippen molar-refractivity contribution in [3.05, 3.63) is 29.3 Å². The van der Waals surface area contributed by atoms with E-state index >= 15 is 0 Å². The molecule has 5 heterocycles. The first-order valence-corrected chi connectivity index (χ1v) is 17.0. The predicted molar refractivity (Wildman–Crippen MR) is 156 cm³/mol. The Morgan fingerprint density at radius 2 is 1.91 bits per heavy atom. The van der Waals surface area contributed by atoms with Gasteiger partial charge in [0.2, 0.25) is 5.95 Å². The number of anilines is 2. The van der Waals surface area contributed by atoms with Gasteiger partial charge in [-0.25, -0.2) is 19.9 Å². The molecule has 0 spiro atoms. The number of imidazole rings is 2. The van der Waals surface area contributed by atoms with Gasteiger partial charge in [-0.2, -0.15) is 4.98 Å². The molecule has 44 heavy (non-hydrogen) atoms. The number of ether oxygens (including phenoxy) is 2. The van der Waals surface area contributed by atoms with Crippen LogP contribution in [0.25, 0.3) is 22.3 Å². The summed E-state index contributed by atoms with van der Waals surface area (Å²) in [5, 5.41) is 0. The molecule has 8 atom stereocenters. The molecule has 1 aliphatic heterocycles. The molecule has 1 saturated heterocycles. The molecule has 22 heteroatoms. The molecule has 6 rings (SSSR count). The van der Waals surface area contributed by atoms with Gasteiger partial charge in [-0.15, -0.1) is 9.42 Å². The quantitative estimate of drug-likeness (QED) is 0.137. The van der Waals surface area contributed by atoms with Crippen LogP contribution in [0.5, 0.6) is 0 Å². The molecule has 4 aromatic heterocycles. The van der Waals surface area contributed by atoms with E-state index in [4.69, 9.17) is 46.3 Å². The summed E-state index contributed by atoms with van der Waals surface area (Å²) in [4.78, 5) is 56.0. The molecule has 0 aromatic carbocycles. The van der Waals surface area contributed by atoms with Gasteiger partial charge in [-0.3, -0.25) is 18.9 Å². The van der Waals surface area contributed by atoms with Crippen LogP contribution in [-0.4, -0.2) is 87.5 Å². The van der Waals surface area contributed by atoms with Gasteiger partial charge in [-0.05, 0) is 37.0 Å². The van der Waals surface area contributed by atoms with E-state index in [1.165, 1.54) is 24.3 Å². The summed E-state index contributed by atoms with van der Waals surface area (Å²) in [5.74, 6) is 0.189. The first-order chi connectivity index (χ1) is 21.0. The average Bonchev–Trinajstić information content (AvgIpc) is 3.75. The molecule has 19 nitrogen and oxygen atoms in total. The summed E-state index contributed by atoms with van der Waals surface area (Å²) >= 11 is 5.40. The second-order valence-electron chi connectivity index (χ2n) is 10.3. The summed E-state index contributed by atoms with van der Waals surface area (Å²) in [5.41, 5.74) is 12.3. The van der Waals surface area contributed by atoms with Crippen LogP contribution >= 0.6 is 15.0 Å². The van der Waals surface area contributed by atoms with Crippen molar-refractivity contribution in [2.24, 2.45) is 5.92 Å². The maximum atomic E-state index is 12.4. The maximum absolute atomic E-state index is 12.4. The minimum atomic E-state index is -3.93. The van der Waals surface area contributed by atoms with Gasteiger partial charge < -0.3 is 34.9 Å². The van der Waals surface area contributed by atoms with Crippen LogP contribution in [0.4, 0.5) is 11.8 Å². The molecular weight excluding hydrogens is 642 g/mol. The average molecular weight is 672 g/mol. The first-order valence-electron chi connectivity index (χ1n) is 13.3. The summed E-state index contributed by atoms with van der Waals surface area (Å²) in [6, 6.07) is 0.0854. The number of nitrogen functional groups attached to an aromatic ring is 2. The van der Waals surface area contributed by atoms with Crippen molar-refractivity contribution in [1.82, 2.24) is 39.0 Å². The van der Waals surface area contributed by atoms with E-state index in [0.717, 1.165) is 12.8 Å². The molecule has 7 N–H and O–H groups in total. The lowest BCUT2D eigenvalue weighted by Crippen LogP contribution is -2.37. The van der Waals surface area contributed by atoms with Crippen molar-refractivity contribution < 1.29 is 37.4 Å². The molecule has 236 valence electrons. The number of H-pyrrole nitrogens is 1. The SMILES string of the molecule is CO[C@H]1[C@@H](OP(O)(=S)OC[C@@H]2CC[C@H](n3cnc4c(N)ncnc43)C2)[C@H](n2cnc3c(=O)[nH]c(N)nc32)O[C@@H]1CO[P+](=O)O. The van der Waals surface area contributed by atoms with Gasteiger partial charge in [0.1, 0.15) is 36.8 Å². The highest BCUT2D eigenvalue weighted by molar-refractivity contribution is 8.07. The summed E-state index contributed by atoms with van der Waals surface area (Å²) in [7, 11) is -1.58. The predicted octanol–water partition coefficient (Wildman–Crippen LogP) is 0.662. The summed E-state index contributed by atoms with van der Waals surface area (Å²) in [6.45, 7) is -4.18. The Bertz CT molecular complexity index is 1800. The summed E-state index contributed by atoms with van der Waals surface area (Å²) in [6.07, 6.45) is 2.53. The minimum Gasteiger partial charge on any atom is -0.382 e. The first kappa shape index (κ1) is 31.0. The van der Waals surface area contributed by atoms with Gasteiger partial charge in [0, 0.05) is 17.7 Å². The number of nitrogens with two attached hydrogens (primary N) is 2. The Labute approximate surface area is 254 Å². The minimum absolute atomic E-state index is 0.0241. The third-order valence-electron chi connectivity index (χ3n) is 7.65. The number of aromatic nitrogens is 8. The second kappa shape index (κ2) is 12.4. The standard InChI is InChI=1S/C22H28N10O9P2S/c1-37-15-12(6-38-42(34)35)40-21(32-9-28-14-19(32)29-22(24)30-20(14)33)16(15)41-43(36,44)39-5-10-2-3-11(4-10)31-8-27-13-17(23)25-7-26-18(13)31/h7-12,15-16,21H,2-6H2,1H3,(H6-,23,24,25,26,29,30,33,34,35,36,44)/p+1/t10-,11+,12-,15-,16-,21-,43?/m1/s1. The second-order valence-corrected chi connectivity index (χ2v) is 13.8. The van der Waals surface area contributed by atoms with Crippen LogP contribution in [0.3, 0.4) is 0 Å². The van der Waals surface area contributed by atoms with E-state index in [-0.39, 0.29) is 42.3 Å². The van der Waals surface area contributed by atoms with E-state index in [9.17, 15) is 19.1 Å². The Hall–Kier alpha value is -3.03. The van der Waals surface area contributed by atoms with Crippen LogP contribution in [0.1, 0.15) is 31.5 Å². The number of hydrogen-bond donors (Lipinski definition) is 5. The molecule has 4 aromatic rings. The van der Waals surface area contributed by atoms with Gasteiger partial charge in [0.05, 0.1) is 19.3 Å². The molecule has 2 unspecified atom stereocenters. The molecule has 2 aliphatic rings. The van der Waals surface area contributed by atoms with E-state index < -0.39 is 45.1 Å². The Kier molecular flexibility index (Phi) is 8.73. The highest BCUT2D eigenvalue weighted by atomic mass is 32.5. The number of nitrogens with zero attached hydrogens (tertiary/aromatic N) is 7. The van der Waals surface area contributed by atoms with Crippen molar-refractivity contribution >= 4 is 60.9 Å². The normalized spacial score (nSPS) is 27.3. The number of rotatable bonds is 11. The van der Waals surface area contributed by atoms with Gasteiger partial charge in [-0.1, -0.05) is 0 Å². The zero-order valence-corrected chi connectivity index (χ0v) is 25.7. The highest BCUT2D eigenvalue weighted by Gasteiger charge is 2.50. The zero-order chi connectivity index (χ0) is 31.2. The van der Waals surface area contributed by atoms with Crippen LogP contribution in [0.15, 0.2) is 23.8 Å². The molecule has 1 aliphatic carbocycles. The summed E-state index contributed by atoms with van der Waals surface area (Å²) < 4.78 is 42.9. The molecule has 0 radical (unpaired) electrons. The smallest absolute Gasteiger partial charge is 0.382 e. The fraction of sp³-hybridized carbons (Fsp3) is 0.545. The van der Waals surface area contributed by atoms with Crippen LogP contribution in [0.2, 0.25) is 0 Å². The van der Waals surface area contributed by atoms with Crippen LogP contribution < -0.4 is 17.0 Å². The van der Waals surface area contributed by atoms with Gasteiger partial charge in [0.25, 0.3) is 5.56 Å². The van der Waals surface area contributed by atoms with Crippen molar-refractivity contribution in [2.75, 3.05) is 31.8 Å². The third kappa shape index (κ3) is 6.10. The lowest BCUT2D eigenvalue weighted by atomic mass is 10.1. The van der Waals surface area contributed by atoms with Crippen molar-refractivity contribution in [3.63, 3.8) is 0 Å². The van der Waals surface area contributed by atoms with E-state index in [1.807, 2.05) is 4.57 Å². The lowest BCUT2D eigenvalue weighted by molar-refractivity contribution is -0.0490. The van der Waals surface area contributed by atoms with E-state index in [0.29, 0.717) is 23.4 Å². The van der Waals surface area contributed by atoms with Crippen molar-refractivity contribution in [3.8, 4) is 0 Å². The number of fused-ring (bicyclic) bond motifs is 2. The molecule has 0 amide bonds. The number of hydrogen-bond acceptors (Lipinski definition) is 15. The monoisotopic (exact) mass is 671 g/mol. The Morgan fingerprint density at radius 3 is 2.68 bits per heavy atom. The van der Waals surface area contributed by atoms with E-state index in [2.05, 4.69) is 29.9 Å². The van der Waals surface area contributed by atoms with E-state index in [1.54, 1.807) is 6.33 Å². The van der Waals surface area contributed by atoms with Gasteiger partial charge >= 0.3 is 15.0 Å². The number of nitrogens with one attached hydrogen (secondary N) is 1.